The molecule has 0 bridgehead atoms. The molecule has 0 aliphatic heterocycles. The Morgan fingerprint density at radius 2 is 2.07 bits per heavy atom. The zero-order valence-electron chi connectivity index (χ0n) is 16.2. The summed E-state index contributed by atoms with van der Waals surface area (Å²) >= 11 is 0. The standard InChI is InChI=1S/C19H24F3N5O3/c1-24-15(18(30)26-14-5-6-14)10-27(23)16-7-4-13(9-12(16)3-2-8-28)17(29)25-11-19(20,21)22/h4,7,9-10,14,28H,1-3,5-6,8,11,23H2,(H,25,29)(H,26,30)/b15-10-. The van der Waals surface area contributed by atoms with Crippen LogP contribution in [0, 0.1) is 0 Å². The second-order valence-corrected chi connectivity index (χ2v) is 6.80. The minimum atomic E-state index is -4.52. The van der Waals surface area contributed by atoms with Crippen LogP contribution in [0.5, 0.6) is 0 Å². The van der Waals surface area contributed by atoms with Crippen molar-refractivity contribution in [2.75, 3.05) is 18.2 Å². The molecule has 0 spiro atoms. The summed E-state index contributed by atoms with van der Waals surface area (Å²) in [5, 5.41) is 14.8. The lowest BCUT2D eigenvalue weighted by molar-refractivity contribution is -0.123. The van der Waals surface area contributed by atoms with Crippen LogP contribution in [0.25, 0.3) is 0 Å². The first-order chi connectivity index (χ1) is 14.1. The fourth-order valence-electron chi connectivity index (χ4n) is 2.59. The van der Waals surface area contributed by atoms with Crippen LogP contribution in [0.15, 0.2) is 35.1 Å². The number of amides is 2. The van der Waals surface area contributed by atoms with Gasteiger partial charge < -0.3 is 15.7 Å². The number of anilines is 1. The number of aliphatic imine (C=N–C) groups is 1. The van der Waals surface area contributed by atoms with E-state index in [-0.39, 0.29) is 23.9 Å². The molecule has 11 heteroatoms. The zero-order chi connectivity index (χ0) is 22.3. The molecule has 5 N–H and O–H groups in total. The van der Waals surface area contributed by atoms with E-state index in [4.69, 9.17) is 10.9 Å². The quantitative estimate of drug-likeness (QED) is 0.195. The number of halogens is 3. The van der Waals surface area contributed by atoms with Crippen molar-refractivity contribution in [2.45, 2.75) is 37.9 Å². The molecule has 0 radical (unpaired) electrons. The third kappa shape index (κ3) is 7.16. The number of nitrogens with two attached hydrogens (primary N) is 1. The number of benzene rings is 1. The van der Waals surface area contributed by atoms with E-state index >= 15 is 0 Å². The van der Waals surface area contributed by atoms with Crippen LogP contribution in [0.1, 0.15) is 35.2 Å². The van der Waals surface area contributed by atoms with Crippen molar-refractivity contribution in [3.8, 4) is 0 Å². The van der Waals surface area contributed by atoms with Gasteiger partial charge in [0.05, 0.1) is 11.9 Å². The number of nitrogens with zero attached hydrogens (tertiary/aromatic N) is 2. The van der Waals surface area contributed by atoms with Gasteiger partial charge in [0.2, 0.25) is 0 Å². The Kier molecular flexibility index (Phi) is 7.95. The molecular weight excluding hydrogens is 403 g/mol. The van der Waals surface area contributed by atoms with Gasteiger partial charge in [0.25, 0.3) is 11.8 Å². The van der Waals surface area contributed by atoms with Gasteiger partial charge in [-0.1, -0.05) is 0 Å². The van der Waals surface area contributed by atoms with Gasteiger partial charge in [-0.2, -0.15) is 13.2 Å². The topological polar surface area (TPSA) is 120 Å². The van der Waals surface area contributed by atoms with Gasteiger partial charge in [-0.3, -0.25) is 19.6 Å². The van der Waals surface area contributed by atoms with Crippen molar-refractivity contribution < 1.29 is 27.9 Å². The summed E-state index contributed by atoms with van der Waals surface area (Å²) in [6.07, 6.45) is -0.821. The van der Waals surface area contributed by atoms with Crippen molar-refractivity contribution >= 4 is 24.2 Å². The van der Waals surface area contributed by atoms with Crippen molar-refractivity contribution in [1.82, 2.24) is 10.6 Å². The molecule has 0 heterocycles. The van der Waals surface area contributed by atoms with Crippen molar-refractivity contribution in [1.29, 1.82) is 0 Å². The van der Waals surface area contributed by atoms with Crippen LogP contribution in [0.2, 0.25) is 0 Å². The van der Waals surface area contributed by atoms with Gasteiger partial charge in [-0.25, -0.2) is 5.84 Å². The summed E-state index contributed by atoms with van der Waals surface area (Å²) in [5.74, 6) is 4.73. The maximum atomic E-state index is 12.3. The zero-order valence-corrected chi connectivity index (χ0v) is 16.2. The largest absolute Gasteiger partial charge is 0.405 e. The maximum absolute atomic E-state index is 12.3. The lowest BCUT2D eigenvalue weighted by Gasteiger charge is -2.20. The molecule has 0 unspecified atom stereocenters. The van der Waals surface area contributed by atoms with Gasteiger partial charge in [0.15, 0.2) is 0 Å². The third-order valence-corrected chi connectivity index (χ3v) is 4.25. The minimum Gasteiger partial charge on any atom is -0.396 e. The predicted octanol–water partition coefficient (Wildman–Crippen LogP) is 1.40. The highest BCUT2D eigenvalue weighted by Gasteiger charge is 2.28. The highest BCUT2D eigenvalue weighted by molar-refractivity contribution is 5.95. The molecular formula is C19H24F3N5O3. The SMILES string of the molecule is C=N/C(=C\N(N)c1ccc(C(=O)NCC(F)(F)F)cc1CCCO)C(=O)NC1CC1. The summed E-state index contributed by atoms with van der Waals surface area (Å²) in [6.45, 7) is 1.79. The van der Waals surface area contributed by atoms with Gasteiger partial charge in [0, 0.05) is 18.2 Å². The highest BCUT2D eigenvalue weighted by Crippen LogP contribution is 2.24. The van der Waals surface area contributed by atoms with E-state index in [0.717, 1.165) is 17.9 Å². The van der Waals surface area contributed by atoms with Crippen LogP contribution in [0.4, 0.5) is 18.9 Å². The number of carbonyl (C=O) groups excluding carboxylic acids is 2. The summed E-state index contributed by atoms with van der Waals surface area (Å²) in [4.78, 5) is 27.9. The van der Waals surface area contributed by atoms with Crippen LogP contribution in [-0.2, 0) is 11.2 Å². The average Bonchev–Trinajstić information content (AvgIpc) is 3.51. The molecule has 1 fully saturated rings. The molecule has 1 saturated carbocycles. The average molecular weight is 427 g/mol. The number of aliphatic hydroxyl groups excluding tert-OH is 1. The van der Waals surface area contributed by atoms with Crippen LogP contribution < -0.4 is 21.5 Å². The van der Waals surface area contributed by atoms with Crippen molar-refractivity contribution in [2.24, 2.45) is 10.8 Å². The van der Waals surface area contributed by atoms with Crippen LogP contribution in [-0.4, -0.2) is 49.0 Å². The third-order valence-electron chi connectivity index (χ3n) is 4.25. The number of nitrogens with one attached hydrogen (secondary N) is 2. The fraction of sp³-hybridized carbons (Fsp3) is 0.421. The van der Waals surface area contributed by atoms with Crippen molar-refractivity contribution in [3.05, 3.63) is 41.2 Å². The van der Waals surface area contributed by atoms with Gasteiger partial charge >= 0.3 is 6.18 Å². The number of hydrazine groups is 1. The van der Waals surface area contributed by atoms with Gasteiger partial charge in [-0.05, 0) is 56.2 Å². The summed E-state index contributed by atoms with van der Waals surface area (Å²) in [5.41, 5.74) is 0.913. The molecule has 2 rings (SSSR count). The summed E-state index contributed by atoms with van der Waals surface area (Å²) < 4.78 is 37.0. The second-order valence-electron chi connectivity index (χ2n) is 6.80. The van der Waals surface area contributed by atoms with E-state index in [1.165, 1.54) is 24.4 Å². The Labute approximate surface area is 171 Å². The summed E-state index contributed by atoms with van der Waals surface area (Å²) in [7, 11) is 0. The van der Waals surface area contributed by atoms with Gasteiger partial charge in [0.1, 0.15) is 12.2 Å². The highest BCUT2D eigenvalue weighted by atomic mass is 19.4. The maximum Gasteiger partial charge on any atom is 0.405 e. The van der Waals surface area contributed by atoms with Crippen LogP contribution >= 0.6 is 0 Å². The molecule has 30 heavy (non-hydrogen) atoms. The van der Waals surface area contributed by atoms with E-state index in [0.29, 0.717) is 24.1 Å². The smallest absolute Gasteiger partial charge is 0.396 e. The van der Waals surface area contributed by atoms with E-state index in [1.807, 2.05) is 0 Å². The lowest BCUT2D eigenvalue weighted by atomic mass is 10.0. The number of hydrogen-bond acceptors (Lipinski definition) is 6. The first kappa shape index (κ1) is 23.4. The molecule has 1 aromatic rings. The predicted molar refractivity (Wildman–Crippen MR) is 106 cm³/mol. The Bertz CT molecular complexity index is 822. The number of carbonyl (C=O) groups is 2. The Balaban J connectivity index is 2.23. The van der Waals surface area contributed by atoms with Crippen molar-refractivity contribution in [3.63, 3.8) is 0 Å². The molecule has 1 aliphatic carbocycles. The number of hydrogen-bond donors (Lipinski definition) is 4. The number of alkyl halides is 3. The summed E-state index contributed by atoms with van der Waals surface area (Å²) in [6, 6.07) is 4.28. The molecule has 8 nitrogen and oxygen atoms in total. The number of aryl methyl sites for hydroxylation is 1. The van der Waals surface area contributed by atoms with Gasteiger partial charge in [-0.15, -0.1) is 0 Å². The first-order valence-electron chi connectivity index (χ1n) is 9.26. The van der Waals surface area contributed by atoms with E-state index < -0.39 is 24.5 Å². The number of aliphatic hydroxyl groups is 1. The first-order valence-corrected chi connectivity index (χ1v) is 9.26. The van der Waals surface area contributed by atoms with E-state index in [2.05, 4.69) is 17.0 Å². The molecule has 0 saturated heterocycles. The Hall–Kier alpha value is -2.92. The minimum absolute atomic E-state index is 0.00972. The molecule has 0 aromatic heterocycles. The molecule has 1 aliphatic rings. The van der Waals surface area contributed by atoms with E-state index in [1.54, 1.807) is 5.32 Å². The van der Waals surface area contributed by atoms with Crippen LogP contribution in [0.3, 0.4) is 0 Å². The lowest BCUT2D eigenvalue weighted by Crippen LogP contribution is -2.34. The molecule has 0 atom stereocenters. The number of rotatable bonds is 10. The fourth-order valence-corrected chi connectivity index (χ4v) is 2.59. The normalized spacial score (nSPS) is 14.2. The Morgan fingerprint density at radius 1 is 1.37 bits per heavy atom. The second kappa shape index (κ2) is 10.2. The molecule has 1 aromatic carbocycles. The monoisotopic (exact) mass is 427 g/mol. The van der Waals surface area contributed by atoms with E-state index in [9.17, 15) is 22.8 Å². The molecule has 2 amide bonds. The molecule has 164 valence electrons. The Morgan fingerprint density at radius 3 is 2.63 bits per heavy atom.